The summed E-state index contributed by atoms with van der Waals surface area (Å²) in [5, 5.41) is 4.55. The van der Waals surface area contributed by atoms with E-state index in [0.717, 1.165) is 29.9 Å². The number of aromatic amines is 1. The molecule has 0 radical (unpaired) electrons. The third kappa shape index (κ3) is 4.14. The van der Waals surface area contributed by atoms with E-state index in [2.05, 4.69) is 51.4 Å². The summed E-state index contributed by atoms with van der Waals surface area (Å²) in [7, 11) is 0. The molecule has 0 saturated carbocycles. The Balaban J connectivity index is 1.36. The first-order valence-corrected chi connectivity index (χ1v) is 11.5. The highest BCUT2D eigenvalue weighted by Crippen LogP contribution is 2.35. The lowest BCUT2D eigenvalue weighted by molar-refractivity contribution is 0.103. The fourth-order valence-corrected chi connectivity index (χ4v) is 5.28. The summed E-state index contributed by atoms with van der Waals surface area (Å²) in [5.41, 5.74) is 2.23. The highest BCUT2D eigenvalue weighted by molar-refractivity contribution is 7.71. The topological polar surface area (TPSA) is 49.7 Å². The van der Waals surface area contributed by atoms with Gasteiger partial charge in [-0.3, -0.25) is 10.00 Å². The second kappa shape index (κ2) is 8.63. The maximum atomic E-state index is 5.53. The van der Waals surface area contributed by atoms with Crippen molar-refractivity contribution in [3.05, 3.63) is 75.8 Å². The van der Waals surface area contributed by atoms with E-state index in [-0.39, 0.29) is 0 Å². The molecule has 7 heteroatoms. The number of nitrogens with one attached hydrogen (secondary N) is 1. The van der Waals surface area contributed by atoms with Crippen molar-refractivity contribution in [1.82, 2.24) is 24.6 Å². The Hall–Kier alpha value is -2.61. The Morgan fingerprint density at radius 3 is 2.73 bits per heavy atom. The Kier molecular flexibility index (Phi) is 5.57. The smallest absolute Gasteiger partial charge is 0.217 e. The minimum atomic E-state index is 0.324. The number of benzene rings is 2. The molecule has 4 aromatic rings. The van der Waals surface area contributed by atoms with Gasteiger partial charge in [-0.2, -0.15) is 4.98 Å². The second-order valence-electron chi connectivity index (χ2n) is 7.55. The van der Waals surface area contributed by atoms with Crippen LogP contribution in [-0.2, 0) is 6.67 Å². The molecule has 1 saturated heterocycles. The molecule has 30 heavy (non-hydrogen) atoms. The molecular formula is C23H23N5S2. The fourth-order valence-electron chi connectivity index (χ4n) is 3.94. The van der Waals surface area contributed by atoms with Crippen molar-refractivity contribution in [2.75, 3.05) is 6.54 Å². The molecule has 1 aliphatic heterocycles. The molecule has 1 unspecified atom stereocenters. The van der Waals surface area contributed by atoms with Crippen LogP contribution in [0.15, 0.2) is 54.6 Å². The van der Waals surface area contributed by atoms with E-state index in [1.54, 1.807) is 0 Å². The van der Waals surface area contributed by atoms with E-state index < -0.39 is 0 Å². The highest BCUT2D eigenvalue weighted by atomic mass is 32.1. The van der Waals surface area contributed by atoms with E-state index in [1.807, 2.05) is 46.4 Å². The van der Waals surface area contributed by atoms with Gasteiger partial charge in [0, 0.05) is 6.54 Å². The minimum absolute atomic E-state index is 0.324. The van der Waals surface area contributed by atoms with E-state index in [1.165, 1.54) is 22.5 Å². The monoisotopic (exact) mass is 433 g/mol. The molecule has 0 amide bonds. The van der Waals surface area contributed by atoms with Crippen molar-refractivity contribution in [2.45, 2.75) is 32.0 Å². The van der Waals surface area contributed by atoms with E-state index in [9.17, 15) is 0 Å². The van der Waals surface area contributed by atoms with Gasteiger partial charge < -0.3 is 0 Å². The number of likely N-dealkylation sites (tertiary alicyclic amines) is 1. The lowest BCUT2D eigenvalue weighted by atomic mass is 10.0. The maximum absolute atomic E-state index is 5.53. The van der Waals surface area contributed by atoms with Crippen LogP contribution >= 0.6 is 23.6 Å². The molecule has 0 spiro atoms. The first-order valence-electron chi connectivity index (χ1n) is 10.3. The zero-order valence-corrected chi connectivity index (χ0v) is 18.2. The molecule has 0 bridgehead atoms. The first kappa shape index (κ1) is 19.4. The Morgan fingerprint density at radius 2 is 1.87 bits per heavy atom. The number of nitrogens with zero attached hydrogens (tertiary/aromatic N) is 4. The van der Waals surface area contributed by atoms with E-state index in [4.69, 9.17) is 17.2 Å². The number of para-hydroxylation sites is 1. The van der Waals surface area contributed by atoms with Crippen LogP contribution < -0.4 is 0 Å². The van der Waals surface area contributed by atoms with Gasteiger partial charge in [0.2, 0.25) is 4.77 Å². The van der Waals surface area contributed by atoms with Gasteiger partial charge in [-0.25, -0.2) is 9.67 Å². The van der Waals surface area contributed by atoms with Gasteiger partial charge in [-0.05, 0) is 48.8 Å². The van der Waals surface area contributed by atoms with E-state index >= 15 is 0 Å². The van der Waals surface area contributed by atoms with Crippen LogP contribution in [0.3, 0.4) is 0 Å². The summed E-state index contributed by atoms with van der Waals surface area (Å²) < 4.78 is 3.80. The standard InChI is InChI=1S/C23H23N5S2/c29-23-25-21(14-13-17-8-2-1-3-9-17)26-28(23)16-27-15-7-6-11-19(27)22-24-18-10-4-5-12-20(18)30-22/h1-5,8-10,12-14,19H,6-7,11,15-16H2,(H,25,26,29)/b14-13+. The highest BCUT2D eigenvalue weighted by Gasteiger charge is 2.27. The number of fused-ring (bicyclic) bond motifs is 1. The van der Waals surface area contributed by atoms with Crippen molar-refractivity contribution >= 4 is 45.9 Å². The van der Waals surface area contributed by atoms with Crippen molar-refractivity contribution < 1.29 is 0 Å². The van der Waals surface area contributed by atoms with Crippen molar-refractivity contribution in [1.29, 1.82) is 0 Å². The SMILES string of the molecule is S=c1nc(/C=C/c2ccccc2)[nH]n1CN1CCCCC1c1nc2ccccc2s1. The zero-order valence-electron chi connectivity index (χ0n) is 16.6. The van der Waals surface area contributed by atoms with Crippen LogP contribution in [0.25, 0.3) is 22.4 Å². The van der Waals surface area contributed by atoms with Crippen LogP contribution in [0, 0.1) is 4.77 Å². The largest absolute Gasteiger partial charge is 0.278 e. The lowest BCUT2D eigenvalue weighted by Gasteiger charge is -2.34. The van der Waals surface area contributed by atoms with Crippen molar-refractivity contribution in [3.63, 3.8) is 0 Å². The van der Waals surface area contributed by atoms with Crippen molar-refractivity contribution in [3.8, 4) is 0 Å². The van der Waals surface area contributed by atoms with Crippen molar-refractivity contribution in [2.24, 2.45) is 0 Å². The molecule has 1 N–H and O–H groups in total. The van der Waals surface area contributed by atoms with Gasteiger partial charge in [0.1, 0.15) is 10.8 Å². The summed E-state index contributed by atoms with van der Waals surface area (Å²) in [4.78, 5) is 11.9. The number of H-pyrrole nitrogens is 1. The molecule has 5 rings (SSSR count). The third-order valence-corrected chi connectivity index (χ3v) is 6.91. The van der Waals surface area contributed by atoms with Gasteiger partial charge in [0.05, 0.1) is 22.9 Å². The number of hydrogen-bond acceptors (Lipinski definition) is 5. The molecular weight excluding hydrogens is 410 g/mol. The lowest BCUT2D eigenvalue weighted by Crippen LogP contribution is -2.35. The normalized spacial score (nSPS) is 17.8. The summed E-state index contributed by atoms with van der Waals surface area (Å²) in [6.45, 7) is 1.74. The van der Waals surface area contributed by atoms with Gasteiger partial charge in [0.25, 0.3) is 0 Å². The second-order valence-corrected chi connectivity index (χ2v) is 8.98. The molecule has 152 valence electrons. The predicted molar refractivity (Wildman–Crippen MR) is 126 cm³/mol. The van der Waals surface area contributed by atoms with Crippen LogP contribution in [0.1, 0.15) is 41.7 Å². The maximum Gasteiger partial charge on any atom is 0.217 e. The molecule has 2 aromatic carbocycles. The van der Waals surface area contributed by atoms with Crippen LogP contribution in [-0.4, -0.2) is 31.2 Å². The number of hydrogen-bond donors (Lipinski definition) is 1. The molecule has 2 aromatic heterocycles. The van der Waals surface area contributed by atoms with Gasteiger partial charge in [0.15, 0.2) is 0 Å². The predicted octanol–water partition coefficient (Wildman–Crippen LogP) is 5.91. The van der Waals surface area contributed by atoms with Crippen LogP contribution in [0.2, 0.25) is 0 Å². The van der Waals surface area contributed by atoms with Gasteiger partial charge in [-0.15, -0.1) is 11.3 Å². The third-order valence-electron chi connectivity index (χ3n) is 5.46. The average molecular weight is 434 g/mol. The zero-order chi connectivity index (χ0) is 20.3. The summed E-state index contributed by atoms with van der Waals surface area (Å²) in [6, 6.07) is 18.9. The number of piperidine rings is 1. The summed E-state index contributed by atoms with van der Waals surface area (Å²) in [6.07, 6.45) is 7.58. The van der Waals surface area contributed by atoms with Gasteiger partial charge in [-0.1, -0.05) is 55.0 Å². The van der Waals surface area contributed by atoms with E-state index in [0.29, 0.717) is 17.5 Å². The van der Waals surface area contributed by atoms with Gasteiger partial charge >= 0.3 is 0 Å². The molecule has 5 nitrogen and oxygen atoms in total. The molecule has 1 fully saturated rings. The van der Waals surface area contributed by atoms with Crippen LogP contribution in [0.5, 0.6) is 0 Å². The Labute approximate surface area is 184 Å². The average Bonchev–Trinajstić information content (AvgIpc) is 3.37. The molecule has 1 aliphatic rings. The summed E-state index contributed by atoms with van der Waals surface area (Å²) in [5.74, 6) is 0.775. The fraction of sp³-hybridized carbons (Fsp3) is 0.261. The number of thiazole rings is 1. The first-order chi connectivity index (χ1) is 14.8. The molecule has 1 atom stereocenters. The molecule has 3 heterocycles. The quantitative estimate of drug-likeness (QED) is 0.398. The number of aromatic nitrogens is 4. The Bertz CT molecular complexity index is 1190. The Morgan fingerprint density at radius 1 is 1.03 bits per heavy atom. The minimum Gasteiger partial charge on any atom is -0.278 e. The summed E-state index contributed by atoms with van der Waals surface area (Å²) >= 11 is 7.34. The van der Waals surface area contributed by atoms with Crippen LogP contribution in [0.4, 0.5) is 0 Å². The number of rotatable bonds is 5. The molecule has 0 aliphatic carbocycles.